The Kier molecular flexibility index (Phi) is 83.7. The summed E-state index contributed by atoms with van der Waals surface area (Å²) in [7, 11) is 0. The van der Waals surface area contributed by atoms with E-state index in [4.69, 9.17) is 0 Å². The van der Waals surface area contributed by atoms with Gasteiger partial charge in [-0.25, -0.2) is 0 Å². The van der Waals surface area contributed by atoms with Crippen LogP contribution in [0.1, 0.15) is 527 Å². The summed E-state index contributed by atoms with van der Waals surface area (Å²) in [5.41, 5.74) is 0. The summed E-state index contributed by atoms with van der Waals surface area (Å²) < 4.78 is 0. The monoisotopic (exact) mass is 1200 g/mol. The molecule has 0 nitrogen and oxygen atoms in total. The molecule has 0 rings (SSSR count). The molecule has 0 atom stereocenters. The first-order chi connectivity index (χ1) is 41.9. The second-order valence-corrected chi connectivity index (χ2v) is 29.5. The Labute approximate surface area is 542 Å². The summed E-state index contributed by atoms with van der Waals surface area (Å²) in [6.07, 6.45) is 121. The van der Waals surface area contributed by atoms with Gasteiger partial charge in [-0.2, -0.15) is 12.6 Å². The summed E-state index contributed by atoms with van der Waals surface area (Å²) in [4.78, 5) is 0. The van der Waals surface area contributed by atoms with Crippen LogP contribution in [0.2, 0.25) is 0 Å². The van der Waals surface area contributed by atoms with E-state index in [2.05, 4.69) is 19.6 Å². The molecule has 84 heavy (non-hydrogen) atoms. The Morgan fingerprint density at radius 3 is 0.214 bits per heavy atom. The van der Waals surface area contributed by atoms with E-state index < -0.39 is 0 Å². The van der Waals surface area contributed by atoms with E-state index in [0.717, 1.165) is 5.75 Å². The van der Waals surface area contributed by atoms with Gasteiger partial charge in [0.25, 0.3) is 0 Å². The van der Waals surface area contributed by atoms with Crippen LogP contribution in [0.15, 0.2) is 0 Å². The van der Waals surface area contributed by atoms with Gasteiger partial charge < -0.3 is 0 Å². The van der Waals surface area contributed by atoms with E-state index in [0.29, 0.717) is 0 Å². The maximum absolute atomic E-state index is 4.31. The number of rotatable bonds is 81. The van der Waals surface area contributed by atoms with Crippen molar-refractivity contribution in [1.82, 2.24) is 0 Å². The third-order valence-electron chi connectivity index (χ3n) is 20.3. The molecule has 0 aromatic heterocycles. The van der Waals surface area contributed by atoms with Crippen molar-refractivity contribution in [3.8, 4) is 0 Å². The minimum atomic E-state index is 1.07. The molecule has 0 unspecified atom stereocenters. The summed E-state index contributed by atoms with van der Waals surface area (Å²) in [6.45, 7) is 2.32. The summed E-state index contributed by atoms with van der Waals surface area (Å²) in [5.74, 6) is 1.07. The molecular formula is C83H168S. The Bertz CT molecular complexity index is 968. The van der Waals surface area contributed by atoms with Crippen molar-refractivity contribution in [3.63, 3.8) is 0 Å². The Morgan fingerprint density at radius 2 is 0.155 bits per heavy atom. The fourth-order valence-corrected chi connectivity index (χ4v) is 14.4. The Morgan fingerprint density at radius 1 is 0.0952 bits per heavy atom. The smallest absolute Gasteiger partial charge is 0.00979 e. The van der Waals surface area contributed by atoms with Crippen molar-refractivity contribution in [2.45, 2.75) is 527 Å². The Hall–Kier alpha value is 0.350. The van der Waals surface area contributed by atoms with Crippen LogP contribution in [-0.2, 0) is 0 Å². The lowest BCUT2D eigenvalue weighted by Crippen LogP contribution is -1.85. The normalized spacial score (nSPS) is 11.8. The van der Waals surface area contributed by atoms with Crippen LogP contribution >= 0.6 is 12.6 Å². The third-order valence-corrected chi connectivity index (χ3v) is 20.6. The zero-order valence-electron chi connectivity index (χ0n) is 59.4. The third kappa shape index (κ3) is 82.3. The minimum absolute atomic E-state index is 1.07. The first-order valence-corrected chi connectivity index (χ1v) is 42.2. The first kappa shape index (κ1) is 84.3. The predicted octanol–water partition coefficient (Wildman–Crippen LogP) is 32.5. The molecule has 0 spiro atoms. The van der Waals surface area contributed by atoms with Crippen molar-refractivity contribution in [1.29, 1.82) is 0 Å². The summed E-state index contributed by atoms with van der Waals surface area (Å²) in [5, 5.41) is 0. The highest BCUT2D eigenvalue weighted by molar-refractivity contribution is 7.80. The molecule has 0 aromatic carbocycles. The molecule has 0 amide bonds. The highest BCUT2D eigenvalue weighted by atomic mass is 32.1. The lowest BCUT2D eigenvalue weighted by molar-refractivity contribution is 0.505. The number of thiol groups is 1. The van der Waals surface area contributed by atoms with Gasteiger partial charge in [0.15, 0.2) is 0 Å². The SMILES string of the molecule is CCCCCCCCCCCCCCCCCCCCCCCCCCCCCCCCCCCCCCCCCCCCCCCCCCCCCCCCCCCCCCCCCCCCCCCCCCCCCCCCCCCS. The number of unbranched alkanes of at least 4 members (excludes halogenated alkanes) is 80. The van der Waals surface area contributed by atoms with Gasteiger partial charge in [0.1, 0.15) is 0 Å². The van der Waals surface area contributed by atoms with Gasteiger partial charge in [-0.3, -0.25) is 0 Å². The van der Waals surface area contributed by atoms with Crippen LogP contribution in [0.4, 0.5) is 0 Å². The zero-order chi connectivity index (χ0) is 60.0. The van der Waals surface area contributed by atoms with Crippen molar-refractivity contribution < 1.29 is 0 Å². The van der Waals surface area contributed by atoms with Gasteiger partial charge in [-0.05, 0) is 12.2 Å². The topological polar surface area (TPSA) is 0 Å². The van der Waals surface area contributed by atoms with Crippen molar-refractivity contribution in [2.24, 2.45) is 0 Å². The summed E-state index contributed by atoms with van der Waals surface area (Å²) in [6, 6.07) is 0. The van der Waals surface area contributed by atoms with Gasteiger partial charge in [-0.1, -0.05) is 521 Å². The molecule has 0 aliphatic rings. The van der Waals surface area contributed by atoms with E-state index in [1.165, 1.54) is 520 Å². The van der Waals surface area contributed by atoms with Crippen molar-refractivity contribution in [3.05, 3.63) is 0 Å². The molecule has 0 aliphatic heterocycles. The highest BCUT2D eigenvalue weighted by Crippen LogP contribution is 2.22. The molecular weight excluding hydrogens is 1030 g/mol. The summed E-state index contributed by atoms with van der Waals surface area (Å²) >= 11 is 4.31. The fourth-order valence-electron chi connectivity index (χ4n) is 14.2. The molecule has 0 aromatic rings. The van der Waals surface area contributed by atoms with Crippen LogP contribution in [0.5, 0.6) is 0 Å². The van der Waals surface area contributed by atoms with E-state index in [-0.39, 0.29) is 0 Å². The maximum Gasteiger partial charge on any atom is -0.00979 e. The van der Waals surface area contributed by atoms with Crippen molar-refractivity contribution in [2.75, 3.05) is 5.75 Å². The second kappa shape index (κ2) is 83.4. The Balaban J connectivity index is 3.08. The van der Waals surface area contributed by atoms with E-state index in [1.54, 1.807) is 0 Å². The molecule has 0 N–H and O–H groups in total. The minimum Gasteiger partial charge on any atom is -0.179 e. The van der Waals surface area contributed by atoms with Gasteiger partial charge in [0.05, 0.1) is 0 Å². The maximum atomic E-state index is 4.31. The average molecular weight is 1200 g/mol. The molecule has 506 valence electrons. The largest absolute Gasteiger partial charge is 0.179 e. The highest BCUT2D eigenvalue weighted by Gasteiger charge is 2.02. The van der Waals surface area contributed by atoms with Crippen LogP contribution in [0.25, 0.3) is 0 Å². The predicted molar refractivity (Wildman–Crippen MR) is 394 cm³/mol. The lowest BCUT2D eigenvalue weighted by Gasteiger charge is -2.05. The zero-order valence-corrected chi connectivity index (χ0v) is 60.3. The molecule has 0 bridgehead atoms. The molecule has 0 fully saturated rings. The van der Waals surface area contributed by atoms with Crippen LogP contribution in [-0.4, -0.2) is 5.75 Å². The first-order valence-electron chi connectivity index (χ1n) is 41.5. The molecule has 0 saturated heterocycles. The van der Waals surface area contributed by atoms with Gasteiger partial charge >= 0.3 is 0 Å². The number of hydrogen-bond acceptors (Lipinski definition) is 1. The van der Waals surface area contributed by atoms with Crippen LogP contribution < -0.4 is 0 Å². The van der Waals surface area contributed by atoms with Crippen LogP contribution in [0.3, 0.4) is 0 Å². The van der Waals surface area contributed by atoms with Gasteiger partial charge in [0, 0.05) is 0 Å². The van der Waals surface area contributed by atoms with Crippen LogP contribution in [0, 0.1) is 0 Å². The molecule has 1 heteroatoms. The van der Waals surface area contributed by atoms with Crippen molar-refractivity contribution >= 4 is 12.6 Å². The van der Waals surface area contributed by atoms with Gasteiger partial charge in [0.2, 0.25) is 0 Å². The standard InChI is InChI=1S/C83H168S/c1-2-3-4-5-6-7-8-9-10-11-12-13-14-15-16-17-18-19-20-21-22-23-24-25-26-27-28-29-30-31-32-33-34-35-36-37-38-39-40-41-42-43-44-45-46-47-48-49-50-51-52-53-54-55-56-57-58-59-60-61-62-63-64-65-66-67-68-69-70-71-72-73-74-75-76-77-78-79-80-81-82-83-84/h84H,2-83H2,1H3. The molecule has 0 saturated carbocycles. The van der Waals surface area contributed by atoms with Gasteiger partial charge in [-0.15, -0.1) is 0 Å². The molecule has 0 radical (unpaired) electrons. The average Bonchev–Trinajstić information content (AvgIpc) is 3.50. The molecule has 0 heterocycles. The quantitative estimate of drug-likeness (QED) is 0.0455. The fraction of sp³-hybridized carbons (Fsp3) is 1.00. The van der Waals surface area contributed by atoms with E-state index in [1.807, 2.05) is 0 Å². The number of hydrogen-bond donors (Lipinski definition) is 1. The molecule has 0 aliphatic carbocycles. The van der Waals surface area contributed by atoms with E-state index in [9.17, 15) is 0 Å². The lowest BCUT2D eigenvalue weighted by atomic mass is 10.0. The second-order valence-electron chi connectivity index (χ2n) is 29.0. The van der Waals surface area contributed by atoms with E-state index >= 15 is 0 Å².